The van der Waals surface area contributed by atoms with Crippen molar-refractivity contribution in [3.05, 3.63) is 35.4 Å². The summed E-state index contributed by atoms with van der Waals surface area (Å²) >= 11 is 0. The van der Waals surface area contributed by atoms with Crippen LogP contribution in [0.4, 0.5) is 0 Å². The molecule has 3 nitrogen and oxygen atoms in total. The largest absolute Gasteiger partial charge is 0.496 e. The molecule has 1 unspecified atom stereocenters. The number of aliphatic hydroxyl groups is 1. The third-order valence-electron chi connectivity index (χ3n) is 2.56. The van der Waals surface area contributed by atoms with Crippen molar-refractivity contribution in [2.45, 2.75) is 12.5 Å². The van der Waals surface area contributed by atoms with E-state index < -0.39 is 5.60 Å². The van der Waals surface area contributed by atoms with Gasteiger partial charge in [-0.25, -0.2) is 0 Å². The van der Waals surface area contributed by atoms with E-state index in [-0.39, 0.29) is 5.78 Å². The van der Waals surface area contributed by atoms with Gasteiger partial charge in [0.05, 0.1) is 7.11 Å². The molecule has 1 aromatic rings. The monoisotopic (exact) mass is 204 g/mol. The van der Waals surface area contributed by atoms with E-state index in [2.05, 4.69) is 0 Å². The summed E-state index contributed by atoms with van der Waals surface area (Å²) in [7, 11) is 1.56. The van der Waals surface area contributed by atoms with Crippen molar-refractivity contribution < 1.29 is 14.6 Å². The van der Waals surface area contributed by atoms with Gasteiger partial charge in [0.2, 0.25) is 0 Å². The summed E-state index contributed by atoms with van der Waals surface area (Å²) in [4.78, 5) is 11.8. The lowest BCUT2D eigenvalue weighted by Crippen LogP contribution is -2.35. The zero-order valence-electron chi connectivity index (χ0n) is 8.65. The van der Waals surface area contributed by atoms with Gasteiger partial charge < -0.3 is 9.84 Å². The van der Waals surface area contributed by atoms with Crippen LogP contribution in [0, 0.1) is 0 Å². The Labute approximate surface area is 88.0 Å². The first kappa shape index (κ1) is 9.93. The minimum absolute atomic E-state index is 0.293. The average molecular weight is 204 g/mol. The quantitative estimate of drug-likeness (QED) is 0.756. The first-order valence-corrected chi connectivity index (χ1v) is 4.69. The highest BCUT2D eigenvalue weighted by Gasteiger charge is 2.33. The zero-order chi connectivity index (χ0) is 11.1. The molecule has 0 amide bonds. The predicted octanol–water partition coefficient (Wildman–Crippen LogP) is 1.66. The van der Waals surface area contributed by atoms with E-state index in [1.807, 2.05) is 0 Å². The first-order valence-electron chi connectivity index (χ1n) is 4.69. The molecule has 1 aliphatic carbocycles. The maximum absolute atomic E-state index is 11.8. The molecule has 15 heavy (non-hydrogen) atoms. The summed E-state index contributed by atoms with van der Waals surface area (Å²) in [6.07, 6.45) is 3.20. The molecule has 0 saturated heterocycles. The molecule has 2 rings (SSSR count). The number of ether oxygens (including phenoxy) is 1. The van der Waals surface area contributed by atoms with Gasteiger partial charge >= 0.3 is 0 Å². The smallest absolute Gasteiger partial charge is 0.198 e. The molecule has 1 aromatic carbocycles. The SMILES string of the molecule is COc1cccc2c1C=CC(C)(O)C2=O. The van der Waals surface area contributed by atoms with E-state index in [1.165, 1.54) is 13.0 Å². The Morgan fingerprint density at radius 3 is 2.80 bits per heavy atom. The summed E-state index contributed by atoms with van der Waals surface area (Å²) < 4.78 is 5.14. The Balaban J connectivity index is 2.63. The molecule has 78 valence electrons. The molecule has 0 spiro atoms. The molecule has 0 bridgehead atoms. The standard InChI is InChI=1S/C12H12O3/c1-12(14)7-6-8-9(11(12)13)4-3-5-10(8)15-2/h3-7,14H,1-2H3. The van der Waals surface area contributed by atoms with Gasteiger partial charge in [-0.15, -0.1) is 0 Å². The zero-order valence-corrected chi connectivity index (χ0v) is 8.65. The predicted molar refractivity (Wildman–Crippen MR) is 57.0 cm³/mol. The molecular formula is C12H12O3. The van der Waals surface area contributed by atoms with Crippen LogP contribution in [-0.4, -0.2) is 23.6 Å². The Hall–Kier alpha value is -1.61. The van der Waals surface area contributed by atoms with Crippen LogP contribution >= 0.6 is 0 Å². The molecule has 1 atom stereocenters. The van der Waals surface area contributed by atoms with Crippen LogP contribution in [0.5, 0.6) is 5.75 Å². The van der Waals surface area contributed by atoms with Gasteiger partial charge in [-0.3, -0.25) is 4.79 Å². The molecule has 0 radical (unpaired) electrons. The van der Waals surface area contributed by atoms with Crippen molar-refractivity contribution in [2.75, 3.05) is 7.11 Å². The van der Waals surface area contributed by atoms with Crippen molar-refractivity contribution >= 4 is 11.9 Å². The lowest BCUT2D eigenvalue weighted by molar-refractivity contribution is 0.0588. The number of benzene rings is 1. The van der Waals surface area contributed by atoms with E-state index in [0.29, 0.717) is 11.3 Å². The van der Waals surface area contributed by atoms with Crippen LogP contribution < -0.4 is 4.74 Å². The number of carbonyl (C=O) groups is 1. The Kier molecular flexibility index (Phi) is 2.12. The van der Waals surface area contributed by atoms with E-state index in [0.717, 1.165) is 5.56 Å². The number of fused-ring (bicyclic) bond motifs is 1. The van der Waals surface area contributed by atoms with Crippen molar-refractivity contribution in [3.8, 4) is 5.75 Å². The highest BCUT2D eigenvalue weighted by Crippen LogP contribution is 2.31. The fourth-order valence-electron chi connectivity index (χ4n) is 1.69. The Morgan fingerprint density at radius 2 is 2.13 bits per heavy atom. The van der Waals surface area contributed by atoms with E-state index in [9.17, 15) is 9.90 Å². The summed E-state index contributed by atoms with van der Waals surface area (Å²) in [5.74, 6) is 0.353. The summed E-state index contributed by atoms with van der Waals surface area (Å²) in [5, 5.41) is 9.78. The fraction of sp³-hybridized carbons (Fsp3) is 0.250. The number of carbonyl (C=O) groups excluding carboxylic acids is 1. The molecule has 1 aliphatic rings. The molecule has 0 aliphatic heterocycles. The maximum atomic E-state index is 11.8. The molecule has 0 heterocycles. The Morgan fingerprint density at radius 1 is 1.40 bits per heavy atom. The minimum Gasteiger partial charge on any atom is -0.496 e. The number of rotatable bonds is 1. The van der Waals surface area contributed by atoms with Crippen molar-refractivity contribution in [3.63, 3.8) is 0 Å². The average Bonchev–Trinajstić information content (AvgIpc) is 2.23. The second kappa shape index (κ2) is 3.21. The number of Topliss-reactive ketones (excluding diaryl/α,β-unsaturated/α-hetero) is 1. The van der Waals surface area contributed by atoms with Gasteiger partial charge in [0.25, 0.3) is 0 Å². The van der Waals surface area contributed by atoms with Crippen LogP contribution in [0.2, 0.25) is 0 Å². The lowest BCUT2D eigenvalue weighted by atomic mass is 9.86. The molecule has 0 aromatic heterocycles. The van der Waals surface area contributed by atoms with Gasteiger partial charge in [0.15, 0.2) is 5.78 Å². The third kappa shape index (κ3) is 1.45. The van der Waals surface area contributed by atoms with Crippen molar-refractivity contribution in [1.82, 2.24) is 0 Å². The lowest BCUT2D eigenvalue weighted by Gasteiger charge is -2.23. The van der Waals surface area contributed by atoms with Crippen LogP contribution in [0.1, 0.15) is 22.8 Å². The van der Waals surface area contributed by atoms with Crippen molar-refractivity contribution in [1.29, 1.82) is 0 Å². The van der Waals surface area contributed by atoms with E-state index in [1.54, 1.807) is 31.4 Å². The van der Waals surface area contributed by atoms with Gasteiger partial charge in [0.1, 0.15) is 11.4 Å². The molecular weight excluding hydrogens is 192 g/mol. The topological polar surface area (TPSA) is 46.5 Å². The second-order valence-electron chi connectivity index (χ2n) is 3.73. The van der Waals surface area contributed by atoms with Crippen LogP contribution in [0.15, 0.2) is 24.3 Å². The van der Waals surface area contributed by atoms with E-state index in [4.69, 9.17) is 4.74 Å². The van der Waals surface area contributed by atoms with Crippen molar-refractivity contribution in [2.24, 2.45) is 0 Å². The number of methoxy groups -OCH3 is 1. The molecule has 1 N–H and O–H groups in total. The van der Waals surface area contributed by atoms with Gasteiger partial charge in [-0.05, 0) is 19.1 Å². The van der Waals surface area contributed by atoms with Crippen LogP contribution in [-0.2, 0) is 0 Å². The molecule has 0 fully saturated rings. The second-order valence-corrected chi connectivity index (χ2v) is 3.73. The van der Waals surface area contributed by atoms with E-state index >= 15 is 0 Å². The first-order chi connectivity index (χ1) is 7.06. The van der Waals surface area contributed by atoms with Crippen LogP contribution in [0.25, 0.3) is 6.08 Å². The number of hydrogen-bond donors (Lipinski definition) is 1. The summed E-state index contributed by atoms with van der Waals surface area (Å²) in [6.45, 7) is 1.48. The van der Waals surface area contributed by atoms with Gasteiger partial charge in [0, 0.05) is 11.1 Å². The normalized spacial score (nSPS) is 23.8. The highest BCUT2D eigenvalue weighted by molar-refractivity contribution is 6.09. The highest BCUT2D eigenvalue weighted by atomic mass is 16.5. The van der Waals surface area contributed by atoms with Gasteiger partial charge in [-0.1, -0.05) is 18.2 Å². The minimum atomic E-state index is -1.40. The van der Waals surface area contributed by atoms with Crippen LogP contribution in [0.3, 0.4) is 0 Å². The fourth-order valence-corrected chi connectivity index (χ4v) is 1.69. The number of hydrogen-bond acceptors (Lipinski definition) is 3. The summed E-state index contributed by atoms with van der Waals surface area (Å²) in [6, 6.07) is 5.22. The molecule has 0 saturated carbocycles. The maximum Gasteiger partial charge on any atom is 0.198 e. The third-order valence-corrected chi connectivity index (χ3v) is 2.56. The summed E-state index contributed by atoms with van der Waals surface area (Å²) in [5.41, 5.74) is -0.169. The number of ketones is 1. The molecule has 3 heteroatoms. The Bertz CT molecular complexity index is 444. The van der Waals surface area contributed by atoms with Gasteiger partial charge in [-0.2, -0.15) is 0 Å².